The molecule has 3 nitrogen and oxygen atoms in total. The summed E-state index contributed by atoms with van der Waals surface area (Å²) < 4.78 is 5.66. The molecule has 17 heavy (non-hydrogen) atoms. The fourth-order valence-corrected chi connectivity index (χ4v) is 2.71. The quantitative estimate of drug-likeness (QED) is 0.752. The van der Waals surface area contributed by atoms with Crippen molar-refractivity contribution in [3.8, 4) is 0 Å². The van der Waals surface area contributed by atoms with Crippen LogP contribution in [-0.4, -0.2) is 25.7 Å². The Morgan fingerprint density at radius 1 is 1.41 bits per heavy atom. The first kappa shape index (κ1) is 14.5. The van der Waals surface area contributed by atoms with Crippen molar-refractivity contribution in [2.45, 2.75) is 52.6 Å². The fourth-order valence-electron chi connectivity index (χ4n) is 2.71. The van der Waals surface area contributed by atoms with Gasteiger partial charge in [0.15, 0.2) is 0 Å². The molecule has 3 atom stereocenters. The van der Waals surface area contributed by atoms with Gasteiger partial charge in [-0.15, -0.1) is 0 Å². The lowest BCUT2D eigenvalue weighted by molar-refractivity contribution is -0.155. The van der Waals surface area contributed by atoms with Gasteiger partial charge in [-0.05, 0) is 37.6 Å². The SMILES string of the molecule is CNCCC(=O)OC1CC(C)CCC1C(C)C. The van der Waals surface area contributed by atoms with E-state index in [4.69, 9.17) is 4.74 Å². The normalized spacial score (nSPS) is 29.4. The highest BCUT2D eigenvalue weighted by Gasteiger charge is 2.33. The minimum Gasteiger partial charge on any atom is -0.462 e. The van der Waals surface area contributed by atoms with E-state index in [1.165, 1.54) is 12.8 Å². The Hall–Kier alpha value is -0.570. The van der Waals surface area contributed by atoms with Gasteiger partial charge in [-0.3, -0.25) is 4.79 Å². The molecule has 1 rings (SSSR count). The maximum Gasteiger partial charge on any atom is 0.307 e. The van der Waals surface area contributed by atoms with Crippen LogP contribution in [0.5, 0.6) is 0 Å². The third-order valence-electron chi connectivity index (χ3n) is 3.82. The highest BCUT2D eigenvalue weighted by Crippen LogP contribution is 2.35. The number of rotatable bonds is 5. The second-order valence-electron chi connectivity index (χ2n) is 5.71. The van der Waals surface area contributed by atoms with E-state index in [0.29, 0.717) is 30.7 Å². The average Bonchev–Trinajstić information content (AvgIpc) is 2.26. The molecule has 1 N–H and O–H groups in total. The third kappa shape index (κ3) is 4.66. The summed E-state index contributed by atoms with van der Waals surface area (Å²) in [7, 11) is 1.85. The largest absolute Gasteiger partial charge is 0.462 e. The molecule has 0 aromatic heterocycles. The second kappa shape index (κ2) is 7.00. The monoisotopic (exact) mass is 241 g/mol. The molecule has 0 bridgehead atoms. The Bertz CT molecular complexity index is 240. The van der Waals surface area contributed by atoms with Gasteiger partial charge in [0, 0.05) is 6.54 Å². The Balaban J connectivity index is 2.48. The molecular weight excluding hydrogens is 214 g/mol. The summed E-state index contributed by atoms with van der Waals surface area (Å²) in [6.45, 7) is 7.42. The molecule has 0 amide bonds. The average molecular weight is 241 g/mol. The summed E-state index contributed by atoms with van der Waals surface area (Å²) in [6.07, 6.45) is 4.12. The lowest BCUT2D eigenvalue weighted by atomic mass is 9.75. The van der Waals surface area contributed by atoms with Crippen molar-refractivity contribution >= 4 is 5.97 Å². The van der Waals surface area contributed by atoms with Crippen molar-refractivity contribution in [3.05, 3.63) is 0 Å². The first-order valence-corrected chi connectivity index (χ1v) is 6.88. The molecular formula is C14H27NO2. The van der Waals surface area contributed by atoms with Crippen molar-refractivity contribution in [1.82, 2.24) is 5.32 Å². The van der Waals surface area contributed by atoms with Crippen LogP contribution in [0.4, 0.5) is 0 Å². The predicted octanol–water partition coefficient (Wildman–Crippen LogP) is 2.60. The summed E-state index contributed by atoms with van der Waals surface area (Å²) in [6, 6.07) is 0. The molecule has 1 saturated carbocycles. The van der Waals surface area contributed by atoms with Gasteiger partial charge in [0.25, 0.3) is 0 Å². The molecule has 0 heterocycles. The Morgan fingerprint density at radius 2 is 2.12 bits per heavy atom. The van der Waals surface area contributed by atoms with E-state index in [2.05, 4.69) is 26.1 Å². The molecule has 0 saturated heterocycles. The third-order valence-corrected chi connectivity index (χ3v) is 3.82. The van der Waals surface area contributed by atoms with Crippen LogP contribution in [0.3, 0.4) is 0 Å². The van der Waals surface area contributed by atoms with E-state index in [0.717, 1.165) is 6.42 Å². The van der Waals surface area contributed by atoms with Gasteiger partial charge in [-0.1, -0.05) is 27.2 Å². The van der Waals surface area contributed by atoms with Gasteiger partial charge in [0.05, 0.1) is 6.42 Å². The number of carbonyl (C=O) groups is 1. The number of hydrogen-bond donors (Lipinski definition) is 1. The molecule has 0 spiro atoms. The lowest BCUT2D eigenvalue weighted by Crippen LogP contribution is -2.36. The summed E-state index contributed by atoms with van der Waals surface area (Å²) in [5.74, 6) is 1.78. The van der Waals surface area contributed by atoms with E-state index in [1.54, 1.807) is 0 Å². The minimum absolute atomic E-state index is 0.0518. The topological polar surface area (TPSA) is 38.3 Å². The maximum atomic E-state index is 11.7. The van der Waals surface area contributed by atoms with Crippen molar-refractivity contribution in [2.75, 3.05) is 13.6 Å². The zero-order chi connectivity index (χ0) is 12.8. The molecule has 1 aliphatic rings. The molecule has 3 heteroatoms. The van der Waals surface area contributed by atoms with Gasteiger partial charge in [0.2, 0.25) is 0 Å². The first-order chi connectivity index (χ1) is 8.04. The smallest absolute Gasteiger partial charge is 0.307 e. The van der Waals surface area contributed by atoms with Crippen molar-refractivity contribution < 1.29 is 9.53 Å². The number of ether oxygens (including phenoxy) is 1. The Kier molecular flexibility index (Phi) is 5.96. The summed E-state index contributed by atoms with van der Waals surface area (Å²) in [4.78, 5) is 11.7. The summed E-state index contributed by atoms with van der Waals surface area (Å²) in [5, 5.41) is 2.98. The highest BCUT2D eigenvalue weighted by molar-refractivity contribution is 5.69. The van der Waals surface area contributed by atoms with Crippen LogP contribution >= 0.6 is 0 Å². The highest BCUT2D eigenvalue weighted by atomic mass is 16.5. The van der Waals surface area contributed by atoms with E-state index in [1.807, 2.05) is 7.05 Å². The van der Waals surface area contributed by atoms with Gasteiger partial charge in [0.1, 0.15) is 6.10 Å². The second-order valence-corrected chi connectivity index (χ2v) is 5.71. The molecule has 0 aromatic rings. The van der Waals surface area contributed by atoms with Crippen LogP contribution in [0.25, 0.3) is 0 Å². The number of hydrogen-bond acceptors (Lipinski definition) is 3. The van der Waals surface area contributed by atoms with Crippen LogP contribution in [-0.2, 0) is 9.53 Å². The van der Waals surface area contributed by atoms with E-state index in [9.17, 15) is 4.79 Å². The van der Waals surface area contributed by atoms with Crippen LogP contribution in [0, 0.1) is 17.8 Å². The standard InChI is InChI=1S/C14H27NO2/c1-10(2)12-6-5-11(3)9-13(12)17-14(16)7-8-15-4/h10-13,15H,5-9H2,1-4H3. The summed E-state index contributed by atoms with van der Waals surface area (Å²) >= 11 is 0. The molecule has 1 aliphatic carbocycles. The van der Waals surface area contributed by atoms with Crippen LogP contribution in [0.15, 0.2) is 0 Å². The molecule has 1 fully saturated rings. The van der Waals surface area contributed by atoms with Gasteiger partial charge < -0.3 is 10.1 Å². The number of carbonyl (C=O) groups excluding carboxylic acids is 1. The van der Waals surface area contributed by atoms with E-state index < -0.39 is 0 Å². The molecule has 0 aliphatic heterocycles. The van der Waals surface area contributed by atoms with Gasteiger partial charge in [-0.25, -0.2) is 0 Å². The van der Waals surface area contributed by atoms with E-state index >= 15 is 0 Å². The Morgan fingerprint density at radius 3 is 2.71 bits per heavy atom. The van der Waals surface area contributed by atoms with Crippen LogP contribution in [0.2, 0.25) is 0 Å². The molecule has 3 unspecified atom stereocenters. The number of esters is 1. The van der Waals surface area contributed by atoms with Crippen molar-refractivity contribution in [1.29, 1.82) is 0 Å². The lowest BCUT2D eigenvalue weighted by Gasteiger charge is -2.36. The van der Waals surface area contributed by atoms with Gasteiger partial charge in [-0.2, -0.15) is 0 Å². The number of nitrogens with one attached hydrogen (secondary N) is 1. The zero-order valence-corrected chi connectivity index (χ0v) is 11.7. The minimum atomic E-state index is -0.0518. The maximum absolute atomic E-state index is 11.7. The van der Waals surface area contributed by atoms with Gasteiger partial charge >= 0.3 is 5.97 Å². The van der Waals surface area contributed by atoms with Crippen molar-refractivity contribution in [2.24, 2.45) is 17.8 Å². The predicted molar refractivity (Wildman–Crippen MR) is 69.8 cm³/mol. The molecule has 0 radical (unpaired) electrons. The van der Waals surface area contributed by atoms with E-state index in [-0.39, 0.29) is 12.1 Å². The first-order valence-electron chi connectivity index (χ1n) is 6.88. The Labute approximate surface area is 105 Å². The zero-order valence-electron chi connectivity index (χ0n) is 11.7. The fraction of sp³-hybridized carbons (Fsp3) is 0.929. The van der Waals surface area contributed by atoms with Crippen molar-refractivity contribution in [3.63, 3.8) is 0 Å². The van der Waals surface area contributed by atoms with Crippen LogP contribution < -0.4 is 5.32 Å². The summed E-state index contributed by atoms with van der Waals surface area (Å²) in [5.41, 5.74) is 0. The molecule has 100 valence electrons. The van der Waals surface area contributed by atoms with Crippen LogP contribution in [0.1, 0.15) is 46.5 Å². The molecule has 0 aromatic carbocycles.